The molecule has 3 aromatic carbocycles. The van der Waals surface area contributed by atoms with E-state index in [0.717, 1.165) is 10.5 Å². The van der Waals surface area contributed by atoms with E-state index in [2.05, 4.69) is 21.7 Å². The van der Waals surface area contributed by atoms with Crippen molar-refractivity contribution in [1.82, 2.24) is 21.2 Å². The van der Waals surface area contributed by atoms with Crippen LogP contribution in [-0.4, -0.2) is 36.1 Å². The highest BCUT2D eigenvalue weighted by molar-refractivity contribution is 6.30. The number of halogens is 2. The molecule has 0 aliphatic rings. The summed E-state index contributed by atoms with van der Waals surface area (Å²) in [7, 11) is 1.27. The number of hydrogen-bond donors (Lipinski definition) is 4. The number of urea groups is 2. The van der Waals surface area contributed by atoms with E-state index in [1.54, 1.807) is 56.3 Å². The molecule has 0 saturated heterocycles. The number of benzene rings is 3. The number of amides is 4. The van der Waals surface area contributed by atoms with Crippen LogP contribution in [0.25, 0.3) is 0 Å². The lowest BCUT2D eigenvalue weighted by molar-refractivity contribution is 0.0600. The topological polar surface area (TPSA) is 121 Å². The predicted octanol–water partition coefficient (Wildman–Crippen LogP) is 5.01. The van der Waals surface area contributed by atoms with Crippen LogP contribution in [0.5, 0.6) is 5.75 Å². The highest BCUT2D eigenvalue weighted by atomic mass is 35.5. The first-order chi connectivity index (χ1) is 18.7. The molecular formula is C27H29ClFN5O5. The summed E-state index contributed by atoms with van der Waals surface area (Å²) in [4.78, 5) is 38.6. The summed E-state index contributed by atoms with van der Waals surface area (Å²) in [6.07, 6.45) is -0.191. The average molecular weight is 558 g/mol. The molecule has 12 heteroatoms. The monoisotopic (exact) mass is 557 g/mol. The zero-order valence-corrected chi connectivity index (χ0v) is 22.3. The van der Waals surface area contributed by atoms with Gasteiger partial charge in [0.05, 0.1) is 31.0 Å². The number of hydrogen-bond acceptors (Lipinski definition) is 7. The lowest BCUT2D eigenvalue weighted by Gasteiger charge is -2.22. The Morgan fingerprint density at radius 1 is 0.949 bits per heavy atom. The van der Waals surface area contributed by atoms with E-state index < -0.39 is 23.8 Å². The molecule has 4 amide bonds. The van der Waals surface area contributed by atoms with Crippen LogP contribution in [0.4, 0.5) is 19.7 Å². The molecule has 0 aliphatic carbocycles. The van der Waals surface area contributed by atoms with Crippen molar-refractivity contribution in [1.29, 1.82) is 0 Å². The second kappa shape index (κ2) is 14.0. The number of hydrazine groups is 2. The van der Waals surface area contributed by atoms with Crippen molar-refractivity contribution in [3.05, 3.63) is 94.3 Å². The molecule has 206 valence electrons. The van der Waals surface area contributed by atoms with Gasteiger partial charge in [-0.05, 0) is 61.4 Å². The van der Waals surface area contributed by atoms with Gasteiger partial charge in [0.2, 0.25) is 0 Å². The molecule has 0 spiro atoms. The maximum absolute atomic E-state index is 14.2. The highest BCUT2D eigenvalue weighted by Gasteiger charge is 2.22. The van der Waals surface area contributed by atoms with Gasteiger partial charge in [-0.3, -0.25) is 5.43 Å². The highest BCUT2D eigenvalue weighted by Crippen LogP contribution is 2.21. The number of ether oxygens (including phenoxy) is 2. The van der Waals surface area contributed by atoms with Gasteiger partial charge in [-0.15, -0.1) is 5.53 Å². The van der Waals surface area contributed by atoms with Gasteiger partial charge < -0.3 is 20.2 Å². The summed E-state index contributed by atoms with van der Waals surface area (Å²) in [5.74, 6) is -0.992. The maximum atomic E-state index is 14.2. The first-order valence-corrected chi connectivity index (χ1v) is 12.3. The molecule has 0 aromatic heterocycles. The smallest absolute Gasteiger partial charge is 0.341 e. The van der Waals surface area contributed by atoms with Crippen LogP contribution < -0.4 is 26.4 Å². The number of rotatable bonds is 10. The Hall–Kier alpha value is -4.35. The van der Waals surface area contributed by atoms with Gasteiger partial charge in [-0.25, -0.2) is 23.7 Å². The summed E-state index contributed by atoms with van der Waals surface area (Å²) < 4.78 is 24.3. The van der Waals surface area contributed by atoms with Gasteiger partial charge in [0.1, 0.15) is 0 Å². The van der Waals surface area contributed by atoms with Crippen molar-refractivity contribution in [2.75, 3.05) is 12.5 Å². The van der Waals surface area contributed by atoms with E-state index in [1.807, 2.05) is 0 Å². The van der Waals surface area contributed by atoms with Crippen molar-refractivity contribution >= 4 is 35.3 Å². The molecule has 0 aliphatic heterocycles. The molecule has 0 saturated carbocycles. The zero-order chi connectivity index (χ0) is 28.4. The molecule has 3 aromatic rings. The molecule has 39 heavy (non-hydrogen) atoms. The van der Waals surface area contributed by atoms with Gasteiger partial charge in [-0.1, -0.05) is 35.9 Å². The number of imide groups is 1. The first kappa shape index (κ1) is 29.2. The Labute approximate surface area is 230 Å². The normalized spacial score (nSPS) is 10.5. The Balaban J connectivity index is 1.66. The molecule has 0 heterocycles. The van der Waals surface area contributed by atoms with Crippen molar-refractivity contribution in [3.8, 4) is 5.75 Å². The van der Waals surface area contributed by atoms with Crippen LogP contribution >= 0.6 is 11.6 Å². The minimum absolute atomic E-state index is 0.0985. The van der Waals surface area contributed by atoms with Crippen molar-refractivity contribution in [2.45, 2.75) is 33.0 Å². The van der Waals surface area contributed by atoms with Gasteiger partial charge in [-0.2, -0.15) is 0 Å². The third-order valence-corrected chi connectivity index (χ3v) is 5.49. The molecular weight excluding hydrogens is 529 g/mol. The molecule has 0 bridgehead atoms. The van der Waals surface area contributed by atoms with Crippen molar-refractivity contribution < 1.29 is 28.2 Å². The fourth-order valence-electron chi connectivity index (χ4n) is 3.31. The first-order valence-electron chi connectivity index (χ1n) is 11.9. The fraction of sp³-hybridized carbons (Fsp3) is 0.222. The Morgan fingerprint density at radius 3 is 2.23 bits per heavy atom. The summed E-state index contributed by atoms with van der Waals surface area (Å²) in [5.41, 5.74) is 9.47. The van der Waals surface area contributed by atoms with Gasteiger partial charge >= 0.3 is 18.0 Å². The third kappa shape index (κ3) is 8.87. The summed E-state index contributed by atoms with van der Waals surface area (Å²) in [6, 6.07) is 15.9. The lowest BCUT2D eigenvalue weighted by atomic mass is 10.1. The largest absolute Gasteiger partial charge is 0.488 e. The predicted molar refractivity (Wildman–Crippen MR) is 144 cm³/mol. The molecule has 0 radical (unpaired) electrons. The number of carbonyl (C=O) groups is 3. The zero-order valence-electron chi connectivity index (χ0n) is 21.6. The number of anilines is 1. The second-order valence-electron chi connectivity index (χ2n) is 8.55. The van der Waals surface area contributed by atoms with E-state index in [1.165, 1.54) is 31.4 Å². The van der Waals surface area contributed by atoms with Gasteiger partial charge in [0, 0.05) is 17.6 Å². The average Bonchev–Trinajstić information content (AvgIpc) is 2.92. The number of carbonyl (C=O) groups excluding carboxylic acids is 3. The van der Waals surface area contributed by atoms with E-state index in [-0.39, 0.29) is 24.9 Å². The molecule has 0 atom stereocenters. The molecule has 10 nitrogen and oxygen atoms in total. The van der Waals surface area contributed by atoms with Gasteiger partial charge in [0.25, 0.3) is 0 Å². The molecule has 4 N–H and O–H groups in total. The quantitative estimate of drug-likeness (QED) is 0.204. The van der Waals surface area contributed by atoms with E-state index in [0.29, 0.717) is 21.8 Å². The fourth-order valence-corrected chi connectivity index (χ4v) is 3.44. The van der Waals surface area contributed by atoms with Crippen LogP contribution in [0.1, 0.15) is 35.3 Å². The molecule has 0 fully saturated rings. The van der Waals surface area contributed by atoms with Crippen LogP contribution in [0, 0.1) is 5.82 Å². The van der Waals surface area contributed by atoms with Crippen molar-refractivity contribution in [3.63, 3.8) is 0 Å². The number of esters is 1. The second-order valence-corrected chi connectivity index (χ2v) is 8.99. The van der Waals surface area contributed by atoms with Gasteiger partial charge in [0.15, 0.2) is 11.6 Å². The third-order valence-electron chi connectivity index (χ3n) is 5.23. The van der Waals surface area contributed by atoms with Crippen molar-refractivity contribution in [2.24, 2.45) is 0 Å². The Morgan fingerprint density at radius 2 is 1.62 bits per heavy atom. The number of nitrogens with one attached hydrogen (secondary N) is 4. The summed E-state index contributed by atoms with van der Waals surface area (Å²) >= 11 is 5.91. The van der Waals surface area contributed by atoms with Crippen LogP contribution in [0.15, 0.2) is 66.7 Å². The lowest BCUT2D eigenvalue weighted by Crippen LogP contribution is -2.52. The van der Waals surface area contributed by atoms with E-state index in [4.69, 9.17) is 21.1 Å². The number of methoxy groups -OCH3 is 1. The molecule has 3 rings (SSSR count). The van der Waals surface area contributed by atoms with Crippen LogP contribution in [0.2, 0.25) is 5.02 Å². The van der Waals surface area contributed by atoms with Crippen LogP contribution in [-0.2, 0) is 17.8 Å². The summed E-state index contributed by atoms with van der Waals surface area (Å²) in [5, 5.41) is 3.25. The number of nitrogens with zero attached hydrogens (tertiary/aromatic N) is 1. The minimum Gasteiger partial charge on any atom is -0.488 e. The Bertz CT molecular complexity index is 1290. The minimum atomic E-state index is -0.798. The maximum Gasteiger partial charge on any atom is 0.341 e. The summed E-state index contributed by atoms with van der Waals surface area (Å²) in [6.45, 7) is 3.61. The van der Waals surface area contributed by atoms with E-state index in [9.17, 15) is 18.8 Å². The van der Waals surface area contributed by atoms with E-state index >= 15 is 0 Å². The standard InChI is InChI=1S/C27H29ClFN5O5/c1-17(2)39-24-13-12-22(14-23(24)29)31-33-32-27(37)34(16-19-4-8-20(9-5-19)25(35)38-3)26(36)30-15-18-6-10-21(28)11-7-18/h4-14,17,31,33H,15-16H2,1-3H3,(H,30,36)(H,32,37). The van der Waals surface area contributed by atoms with Crippen LogP contribution in [0.3, 0.4) is 0 Å². The Kier molecular flexibility index (Phi) is 10.5. The SMILES string of the molecule is COC(=O)c1ccc(CN(C(=O)NCc2ccc(Cl)cc2)C(=O)NNNc2ccc(OC(C)C)c(F)c2)cc1. The molecule has 0 unspecified atom stereocenters.